The zero-order valence-electron chi connectivity index (χ0n) is 21.8. The molecule has 0 bridgehead atoms. The molecule has 8 nitrogen and oxygen atoms in total. The van der Waals surface area contributed by atoms with Crippen molar-refractivity contribution in [2.45, 2.75) is 39.4 Å². The molecule has 2 amide bonds. The standard InChI is InChI=1S/C29H32FN5O3/c1-20(2)15-16-31-29(37)28(22-7-6-8-24(17-22)38-3)34(18-21-11-13-23(30)14-12-21)27(36)19-35-26-10-5-4-9-25(26)32-33-35/h4-14,17,20,28H,15-16,18-19H2,1-3H3,(H,31,37). The summed E-state index contributed by atoms with van der Waals surface area (Å²) in [6.45, 7) is 4.60. The van der Waals surface area contributed by atoms with Gasteiger partial charge >= 0.3 is 0 Å². The number of fused-ring (bicyclic) bond motifs is 1. The SMILES string of the molecule is COc1cccc(C(C(=O)NCCC(C)C)N(Cc2ccc(F)cc2)C(=O)Cn2nnc3ccccc32)c1. The maximum Gasteiger partial charge on any atom is 0.247 e. The number of aromatic nitrogens is 3. The Hall–Kier alpha value is -4.27. The molecule has 1 heterocycles. The molecule has 198 valence electrons. The van der Waals surface area contributed by atoms with Gasteiger partial charge in [0, 0.05) is 13.1 Å². The van der Waals surface area contributed by atoms with Crippen LogP contribution in [0.1, 0.15) is 37.4 Å². The fourth-order valence-electron chi connectivity index (χ4n) is 4.23. The summed E-state index contributed by atoms with van der Waals surface area (Å²) >= 11 is 0. The zero-order chi connectivity index (χ0) is 27.1. The van der Waals surface area contributed by atoms with Crippen LogP contribution in [0.15, 0.2) is 72.8 Å². The van der Waals surface area contributed by atoms with E-state index in [0.29, 0.717) is 40.4 Å². The van der Waals surface area contributed by atoms with Gasteiger partial charge in [-0.3, -0.25) is 9.59 Å². The van der Waals surface area contributed by atoms with Gasteiger partial charge in [0.1, 0.15) is 29.7 Å². The highest BCUT2D eigenvalue weighted by molar-refractivity contribution is 5.89. The van der Waals surface area contributed by atoms with Crippen molar-refractivity contribution in [1.82, 2.24) is 25.2 Å². The molecule has 0 saturated heterocycles. The molecule has 3 aromatic carbocycles. The molecule has 0 saturated carbocycles. The van der Waals surface area contributed by atoms with E-state index in [9.17, 15) is 14.0 Å². The maximum absolute atomic E-state index is 13.9. The number of carbonyl (C=O) groups excluding carboxylic acids is 2. The topological polar surface area (TPSA) is 89.4 Å². The van der Waals surface area contributed by atoms with Crippen LogP contribution in [0.25, 0.3) is 11.0 Å². The van der Waals surface area contributed by atoms with Gasteiger partial charge in [-0.15, -0.1) is 5.10 Å². The van der Waals surface area contributed by atoms with Gasteiger partial charge in [-0.05, 0) is 59.9 Å². The maximum atomic E-state index is 13.9. The van der Waals surface area contributed by atoms with Gasteiger partial charge in [0.05, 0.1) is 12.6 Å². The number of hydrogen-bond donors (Lipinski definition) is 1. The molecular weight excluding hydrogens is 485 g/mol. The number of hydrogen-bond acceptors (Lipinski definition) is 5. The number of benzene rings is 3. The fourth-order valence-corrected chi connectivity index (χ4v) is 4.23. The van der Waals surface area contributed by atoms with Gasteiger partial charge in [-0.25, -0.2) is 9.07 Å². The van der Waals surface area contributed by atoms with Crippen molar-refractivity contribution in [2.75, 3.05) is 13.7 Å². The minimum atomic E-state index is -0.954. The molecule has 0 fully saturated rings. The van der Waals surface area contributed by atoms with Crippen LogP contribution < -0.4 is 10.1 Å². The monoisotopic (exact) mass is 517 g/mol. The van der Waals surface area contributed by atoms with E-state index in [1.807, 2.05) is 24.3 Å². The second-order valence-electron chi connectivity index (χ2n) is 9.54. The molecule has 1 aromatic heterocycles. The average molecular weight is 518 g/mol. The van der Waals surface area contributed by atoms with Crippen LogP contribution in [0.3, 0.4) is 0 Å². The lowest BCUT2D eigenvalue weighted by atomic mass is 10.0. The molecule has 0 aliphatic carbocycles. The molecule has 38 heavy (non-hydrogen) atoms. The highest BCUT2D eigenvalue weighted by Crippen LogP contribution is 2.27. The summed E-state index contributed by atoms with van der Waals surface area (Å²) in [5.41, 5.74) is 2.67. The van der Waals surface area contributed by atoms with Crippen LogP contribution in [0.2, 0.25) is 0 Å². The Balaban J connectivity index is 1.73. The first-order chi connectivity index (χ1) is 18.4. The van der Waals surface area contributed by atoms with E-state index < -0.39 is 6.04 Å². The molecule has 4 rings (SSSR count). The number of nitrogens with zero attached hydrogens (tertiary/aromatic N) is 4. The smallest absolute Gasteiger partial charge is 0.247 e. The van der Waals surface area contributed by atoms with Crippen LogP contribution in [-0.4, -0.2) is 45.4 Å². The van der Waals surface area contributed by atoms with Gasteiger partial charge < -0.3 is 15.0 Å². The predicted octanol–water partition coefficient (Wildman–Crippen LogP) is 4.51. The zero-order valence-corrected chi connectivity index (χ0v) is 21.8. The Labute approximate surface area is 221 Å². The number of para-hydroxylation sites is 1. The van der Waals surface area contributed by atoms with Gasteiger partial charge in [0.25, 0.3) is 0 Å². The van der Waals surface area contributed by atoms with E-state index in [2.05, 4.69) is 29.5 Å². The molecule has 0 spiro atoms. The second kappa shape index (κ2) is 12.3. The summed E-state index contributed by atoms with van der Waals surface area (Å²) in [5, 5.41) is 11.3. The lowest BCUT2D eigenvalue weighted by Gasteiger charge is -2.32. The van der Waals surface area contributed by atoms with Crippen molar-refractivity contribution in [3.05, 3.63) is 89.7 Å². The highest BCUT2D eigenvalue weighted by atomic mass is 19.1. The fraction of sp³-hybridized carbons (Fsp3) is 0.310. The summed E-state index contributed by atoms with van der Waals surface area (Å²) in [5.74, 6) is -0.0480. The van der Waals surface area contributed by atoms with Crippen LogP contribution in [0.5, 0.6) is 5.75 Å². The lowest BCUT2D eigenvalue weighted by molar-refractivity contribution is -0.142. The number of nitrogens with one attached hydrogen (secondary N) is 1. The normalized spacial score (nSPS) is 11.9. The number of carbonyl (C=O) groups is 2. The molecule has 9 heteroatoms. The molecule has 0 radical (unpaired) electrons. The number of amides is 2. The van der Waals surface area contributed by atoms with E-state index >= 15 is 0 Å². The summed E-state index contributed by atoms with van der Waals surface area (Å²) in [6.07, 6.45) is 0.799. The van der Waals surface area contributed by atoms with Crippen LogP contribution in [-0.2, 0) is 22.7 Å². The third-order valence-corrected chi connectivity index (χ3v) is 6.28. The van der Waals surface area contributed by atoms with E-state index in [4.69, 9.17) is 4.74 Å². The first-order valence-corrected chi connectivity index (χ1v) is 12.6. The number of ether oxygens (including phenoxy) is 1. The van der Waals surface area contributed by atoms with Gasteiger partial charge in [-0.2, -0.15) is 0 Å². The predicted molar refractivity (Wildman–Crippen MR) is 143 cm³/mol. The van der Waals surface area contributed by atoms with E-state index in [-0.39, 0.29) is 30.7 Å². The van der Waals surface area contributed by atoms with Crippen molar-refractivity contribution in [2.24, 2.45) is 5.92 Å². The van der Waals surface area contributed by atoms with Gasteiger partial charge in [-0.1, -0.05) is 55.5 Å². The second-order valence-corrected chi connectivity index (χ2v) is 9.54. The third kappa shape index (κ3) is 6.53. The number of rotatable bonds is 11. The number of halogens is 1. The summed E-state index contributed by atoms with van der Waals surface area (Å²) in [6, 6.07) is 19.4. The summed E-state index contributed by atoms with van der Waals surface area (Å²) in [4.78, 5) is 29.1. The van der Waals surface area contributed by atoms with Crippen LogP contribution in [0, 0.1) is 11.7 Å². The quantitative estimate of drug-likeness (QED) is 0.316. The summed E-state index contributed by atoms with van der Waals surface area (Å²) < 4.78 is 20.6. The van der Waals surface area contributed by atoms with Crippen LogP contribution in [0.4, 0.5) is 4.39 Å². The van der Waals surface area contributed by atoms with Crippen molar-refractivity contribution < 1.29 is 18.7 Å². The molecular formula is C29H32FN5O3. The Kier molecular flexibility index (Phi) is 8.68. The largest absolute Gasteiger partial charge is 0.497 e. The van der Waals surface area contributed by atoms with Crippen molar-refractivity contribution >= 4 is 22.8 Å². The average Bonchev–Trinajstić information content (AvgIpc) is 3.32. The van der Waals surface area contributed by atoms with Crippen molar-refractivity contribution in [3.8, 4) is 5.75 Å². The van der Waals surface area contributed by atoms with Crippen molar-refractivity contribution in [3.63, 3.8) is 0 Å². The minimum absolute atomic E-state index is 0.0885. The lowest BCUT2D eigenvalue weighted by Crippen LogP contribution is -2.45. The van der Waals surface area contributed by atoms with Gasteiger partial charge in [0.2, 0.25) is 11.8 Å². The number of methoxy groups -OCH3 is 1. The Morgan fingerprint density at radius 3 is 2.55 bits per heavy atom. The molecule has 4 aromatic rings. The molecule has 0 aliphatic heterocycles. The van der Waals surface area contributed by atoms with E-state index in [0.717, 1.165) is 6.42 Å². The molecule has 1 unspecified atom stereocenters. The van der Waals surface area contributed by atoms with E-state index in [1.165, 1.54) is 21.7 Å². The molecule has 0 aliphatic rings. The first-order valence-electron chi connectivity index (χ1n) is 12.6. The Morgan fingerprint density at radius 1 is 1.05 bits per heavy atom. The highest BCUT2D eigenvalue weighted by Gasteiger charge is 2.32. The Morgan fingerprint density at radius 2 is 1.82 bits per heavy atom. The Bertz CT molecular complexity index is 1390. The van der Waals surface area contributed by atoms with Crippen LogP contribution >= 0.6 is 0 Å². The summed E-state index contributed by atoms with van der Waals surface area (Å²) in [7, 11) is 1.55. The van der Waals surface area contributed by atoms with E-state index in [1.54, 1.807) is 43.5 Å². The van der Waals surface area contributed by atoms with Crippen molar-refractivity contribution in [1.29, 1.82) is 0 Å². The minimum Gasteiger partial charge on any atom is -0.497 e. The van der Waals surface area contributed by atoms with Gasteiger partial charge in [0.15, 0.2) is 0 Å². The third-order valence-electron chi connectivity index (χ3n) is 6.28. The molecule has 1 atom stereocenters. The first kappa shape index (κ1) is 26.8. The molecule has 1 N–H and O–H groups in total.